The molecule has 0 saturated carbocycles. The molecule has 184 valence electrons. The summed E-state index contributed by atoms with van der Waals surface area (Å²) >= 11 is 0. The zero-order chi connectivity index (χ0) is 25.8. The molecular formula is C35H34N2. The van der Waals surface area contributed by atoms with Gasteiger partial charge in [0.1, 0.15) is 0 Å². The van der Waals surface area contributed by atoms with Crippen LogP contribution in [0.4, 0.5) is 22.7 Å². The molecule has 0 aliphatic carbocycles. The van der Waals surface area contributed by atoms with Gasteiger partial charge in [0.25, 0.3) is 0 Å². The number of para-hydroxylation sites is 2. The van der Waals surface area contributed by atoms with E-state index in [1.54, 1.807) is 0 Å². The van der Waals surface area contributed by atoms with E-state index in [-0.39, 0.29) is 5.92 Å². The molecule has 0 heterocycles. The molecule has 5 aromatic rings. The molecule has 0 spiro atoms. The van der Waals surface area contributed by atoms with E-state index in [0.29, 0.717) is 0 Å². The van der Waals surface area contributed by atoms with E-state index in [0.717, 1.165) is 22.7 Å². The Morgan fingerprint density at radius 3 is 1.19 bits per heavy atom. The number of hydrogen-bond acceptors (Lipinski definition) is 2. The zero-order valence-corrected chi connectivity index (χ0v) is 22.0. The summed E-state index contributed by atoms with van der Waals surface area (Å²) < 4.78 is 0. The average Bonchev–Trinajstić information content (AvgIpc) is 2.90. The van der Waals surface area contributed by atoms with Crippen LogP contribution in [-0.4, -0.2) is 0 Å². The number of anilines is 4. The van der Waals surface area contributed by atoms with Gasteiger partial charge in [-0.15, -0.1) is 0 Å². The van der Waals surface area contributed by atoms with Crippen LogP contribution in [0.25, 0.3) is 0 Å². The summed E-state index contributed by atoms with van der Waals surface area (Å²) in [5.41, 5.74) is 13.5. The van der Waals surface area contributed by atoms with Gasteiger partial charge < -0.3 is 10.6 Å². The molecule has 0 aliphatic heterocycles. The van der Waals surface area contributed by atoms with Crippen molar-refractivity contribution in [2.24, 2.45) is 0 Å². The van der Waals surface area contributed by atoms with Gasteiger partial charge in [0, 0.05) is 28.7 Å². The van der Waals surface area contributed by atoms with E-state index >= 15 is 0 Å². The van der Waals surface area contributed by atoms with Crippen molar-refractivity contribution in [1.82, 2.24) is 0 Å². The molecule has 0 radical (unpaired) electrons. The number of aryl methyl sites for hydroxylation is 4. The molecule has 0 fully saturated rings. The smallest absolute Gasteiger partial charge is 0.0413 e. The SMILES string of the molecule is Cc1ccccc1Nc1ccc(C(c2ccc(Nc3ccccc3C)cc2)c2c(C)cccc2C)cc1. The molecule has 2 N–H and O–H groups in total. The summed E-state index contributed by atoms with van der Waals surface area (Å²) in [6.45, 7) is 8.70. The summed E-state index contributed by atoms with van der Waals surface area (Å²) in [5.74, 6) is 0.154. The average molecular weight is 483 g/mol. The van der Waals surface area contributed by atoms with Gasteiger partial charge in [-0.3, -0.25) is 0 Å². The van der Waals surface area contributed by atoms with Gasteiger partial charge in [-0.1, -0.05) is 78.9 Å². The van der Waals surface area contributed by atoms with Crippen molar-refractivity contribution in [2.45, 2.75) is 33.6 Å². The Morgan fingerprint density at radius 1 is 0.405 bits per heavy atom. The molecule has 5 rings (SSSR count). The molecular weight excluding hydrogens is 448 g/mol. The van der Waals surface area contributed by atoms with E-state index in [2.05, 4.69) is 154 Å². The number of rotatable bonds is 7. The lowest BCUT2D eigenvalue weighted by atomic mass is 9.81. The van der Waals surface area contributed by atoms with E-state index in [4.69, 9.17) is 0 Å². The second-order valence-corrected chi connectivity index (χ2v) is 9.86. The van der Waals surface area contributed by atoms with Crippen molar-refractivity contribution in [3.8, 4) is 0 Å². The molecule has 0 aromatic heterocycles. The predicted molar refractivity (Wildman–Crippen MR) is 159 cm³/mol. The zero-order valence-electron chi connectivity index (χ0n) is 22.0. The molecule has 2 nitrogen and oxygen atoms in total. The van der Waals surface area contributed by atoms with Gasteiger partial charge in [0.2, 0.25) is 0 Å². The van der Waals surface area contributed by atoms with Crippen LogP contribution in [0.15, 0.2) is 115 Å². The van der Waals surface area contributed by atoms with Crippen LogP contribution < -0.4 is 10.6 Å². The maximum atomic E-state index is 3.57. The third-order valence-electron chi connectivity index (χ3n) is 7.17. The van der Waals surface area contributed by atoms with E-state index < -0.39 is 0 Å². The first-order valence-electron chi connectivity index (χ1n) is 12.9. The fraction of sp³-hybridized carbons (Fsp3) is 0.143. The van der Waals surface area contributed by atoms with Crippen molar-refractivity contribution in [3.63, 3.8) is 0 Å². The summed E-state index contributed by atoms with van der Waals surface area (Å²) in [4.78, 5) is 0. The van der Waals surface area contributed by atoms with Crippen molar-refractivity contribution >= 4 is 22.7 Å². The minimum atomic E-state index is 0.154. The highest BCUT2D eigenvalue weighted by Crippen LogP contribution is 2.37. The number of nitrogens with one attached hydrogen (secondary N) is 2. The second kappa shape index (κ2) is 10.8. The molecule has 0 aliphatic rings. The molecule has 0 bridgehead atoms. The van der Waals surface area contributed by atoms with Crippen LogP contribution in [0.1, 0.15) is 44.9 Å². The molecule has 0 unspecified atom stereocenters. The first kappa shape index (κ1) is 24.4. The monoisotopic (exact) mass is 482 g/mol. The minimum absolute atomic E-state index is 0.154. The van der Waals surface area contributed by atoms with Gasteiger partial charge in [-0.2, -0.15) is 0 Å². The lowest BCUT2D eigenvalue weighted by Gasteiger charge is -2.24. The van der Waals surface area contributed by atoms with Crippen LogP contribution in [0.2, 0.25) is 0 Å². The summed E-state index contributed by atoms with van der Waals surface area (Å²) in [7, 11) is 0. The second-order valence-electron chi connectivity index (χ2n) is 9.86. The fourth-order valence-corrected chi connectivity index (χ4v) is 5.06. The highest BCUT2D eigenvalue weighted by atomic mass is 14.9. The van der Waals surface area contributed by atoms with Crippen LogP contribution in [0.3, 0.4) is 0 Å². The third-order valence-corrected chi connectivity index (χ3v) is 7.17. The molecule has 5 aromatic carbocycles. The molecule has 0 saturated heterocycles. The van der Waals surface area contributed by atoms with Crippen LogP contribution in [-0.2, 0) is 0 Å². The highest BCUT2D eigenvalue weighted by molar-refractivity contribution is 5.65. The van der Waals surface area contributed by atoms with Crippen molar-refractivity contribution < 1.29 is 0 Å². The largest absolute Gasteiger partial charge is 0.355 e. The number of benzene rings is 5. The molecule has 2 heteroatoms. The van der Waals surface area contributed by atoms with E-state index in [1.165, 1.54) is 38.9 Å². The van der Waals surface area contributed by atoms with Gasteiger partial charge >= 0.3 is 0 Å². The van der Waals surface area contributed by atoms with Crippen molar-refractivity contribution in [2.75, 3.05) is 10.6 Å². The molecule has 0 amide bonds. The first-order chi connectivity index (χ1) is 18.0. The lowest BCUT2D eigenvalue weighted by Crippen LogP contribution is -2.08. The van der Waals surface area contributed by atoms with E-state index in [1.807, 2.05) is 0 Å². The standard InChI is InChI=1S/C35H34N2/c1-24-10-5-7-14-32(24)36-30-20-16-28(17-21-30)35(34-26(3)12-9-13-27(34)4)29-18-22-31(23-19-29)37-33-15-8-6-11-25(33)2/h5-23,35-37H,1-4H3. The van der Waals surface area contributed by atoms with Crippen LogP contribution >= 0.6 is 0 Å². The van der Waals surface area contributed by atoms with Crippen molar-refractivity contribution in [3.05, 3.63) is 154 Å². The summed E-state index contributed by atoms with van der Waals surface area (Å²) in [6.07, 6.45) is 0. The maximum Gasteiger partial charge on any atom is 0.0413 e. The van der Waals surface area contributed by atoms with Crippen molar-refractivity contribution in [1.29, 1.82) is 0 Å². The normalized spacial score (nSPS) is 10.9. The van der Waals surface area contributed by atoms with Crippen LogP contribution in [0.5, 0.6) is 0 Å². The first-order valence-corrected chi connectivity index (χ1v) is 12.9. The Balaban J connectivity index is 1.49. The number of hydrogen-bond donors (Lipinski definition) is 2. The third kappa shape index (κ3) is 5.44. The van der Waals surface area contributed by atoms with Crippen LogP contribution in [0, 0.1) is 27.7 Å². The lowest BCUT2D eigenvalue weighted by molar-refractivity contribution is 0.948. The molecule has 37 heavy (non-hydrogen) atoms. The highest BCUT2D eigenvalue weighted by Gasteiger charge is 2.20. The minimum Gasteiger partial charge on any atom is -0.355 e. The summed E-state index contributed by atoms with van der Waals surface area (Å²) in [6, 6.07) is 41.2. The van der Waals surface area contributed by atoms with E-state index in [9.17, 15) is 0 Å². The van der Waals surface area contributed by atoms with Gasteiger partial charge in [0.15, 0.2) is 0 Å². The van der Waals surface area contributed by atoms with Gasteiger partial charge in [-0.05, 0) is 103 Å². The van der Waals surface area contributed by atoms with Gasteiger partial charge in [-0.25, -0.2) is 0 Å². The topological polar surface area (TPSA) is 24.1 Å². The Labute approximate surface area is 221 Å². The fourth-order valence-electron chi connectivity index (χ4n) is 5.06. The quantitative estimate of drug-likeness (QED) is 0.226. The Hall–Kier alpha value is -4.30. The Morgan fingerprint density at radius 2 is 0.784 bits per heavy atom. The van der Waals surface area contributed by atoms with Gasteiger partial charge in [0.05, 0.1) is 0 Å². The Bertz CT molecular complexity index is 1390. The summed E-state index contributed by atoms with van der Waals surface area (Å²) in [5, 5.41) is 7.14. The Kier molecular flexibility index (Phi) is 7.09. The maximum absolute atomic E-state index is 3.57. The predicted octanol–water partition coefficient (Wildman–Crippen LogP) is 9.59. The molecule has 0 atom stereocenters.